The maximum absolute atomic E-state index is 12.7. The second-order valence-corrected chi connectivity index (χ2v) is 8.97. The van der Waals surface area contributed by atoms with E-state index in [1.807, 2.05) is 91.9 Å². The minimum absolute atomic E-state index is 0.0435. The molecule has 0 fully saturated rings. The van der Waals surface area contributed by atoms with Crippen LogP contribution >= 0.6 is 0 Å². The summed E-state index contributed by atoms with van der Waals surface area (Å²) in [6.07, 6.45) is 2.40. The van der Waals surface area contributed by atoms with E-state index >= 15 is 0 Å². The van der Waals surface area contributed by atoms with Crippen LogP contribution in [0, 0.1) is 18.3 Å². The molecule has 1 amide bonds. The van der Waals surface area contributed by atoms with Crippen molar-refractivity contribution < 1.29 is 4.79 Å². The number of hydrogen-bond donors (Lipinski definition) is 1. The Morgan fingerprint density at radius 2 is 1.65 bits per heavy atom. The molecule has 37 heavy (non-hydrogen) atoms. The molecule has 0 aliphatic carbocycles. The number of aryl methyl sites for hydroxylation is 1. The van der Waals surface area contributed by atoms with E-state index in [-0.39, 0.29) is 11.6 Å². The smallest absolute Gasteiger partial charge is 0.266 e. The lowest BCUT2D eigenvalue weighted by molar-refractivity contribution is -0.112. The molecule has 1 aliphatic heterocycles. The lowest BCUT2D eigenvalue weighted by Gasteiger charge is -2.24. The molecule has 0 radical (unpaired) electrons. The summed E-state index contributed by atoms with van der Waals surface area (Å²) in [7, 11) is 0. The fourth-order valence-electron chi connectivity index (χ4n) is 4.45. The molecule has 1 atom stereocenters. The molecule has 180 valence electrons. The average Bonchev–Trinajstić information content (AvgIpc) is 3.39. The van der Waals surface area contributed by atoms with Gasteiger partial charge in [0.1, 0.15) is 11.6 Å². The number of nitriles is 1. The molecule has 0 saturated carbocycles. The van der Waals surface area contributed by atoms with Crippen molar-refractivity contribution in [2.45, 2.75) is 19.4 Å². The van der Waals surface area contributed by atoms with Gasteiger partial charge < -0.3 is 5.32 Å². The van der Waals surface area contributed by atoms with E-state index in [4.69, 9.17) is 5.10 Å². The summed E-state index contributed by atoms with van der Waals surface area (Å²) in [6, 6.07) is 38.0. The number of hydrazone groups is 1. The molecule has 4 aromatic rings. The van der Waals surface area contributed by atoms with E-state index in [9.17, 15) is 10.1 Å². The van der Waals surface area contributed by atoms with Gasteiger partial charge in [-0.1, -0.05) is 84.9 Å². The van der Waals surface area contributed by atoms with Crippen LogP contribution in [0.3, 0.4) is 0 Å². The number of anilines is 2. The zero-order valence-corrected chi connectivity index (χ0v) is 20.5. The van der Waals surface area contributed by atoms with Crippen LogP contribution in [0.5, 0.6) is 0 Å². The fraction of sp³-hybridized carbons (Fsp3) is 0.0938. The van der Waals surface area contributed by atoms with Gasteiger partial charge in [0, 0.05) is 12.1 Å². The van der Waals surface area contributed by atoms with Crippen LogP contribution in [-0.4, -0.2) is 11.6 Å². The number of amides is 1. The third-order valence-corrected chi connectivity index (χ3v) is 6.31. The minimum atomic E-state index is -0.432. The summed E-state index contributed by atoms with van der Waals surface area (Å²) in [5, 5.41) is 19.5. The number of rotatable bonds is 6. The van der Waals surface area contributed by atoms with Crippen molar-refractivity contribution in [3.8, 4) is 6.07 Å². The largest absolute Gasteiger partial charge is 0.321 e. The first-order valence-corrected chi connectivity index (χ1v) is 12.2. The number of benzene rings is 4. The van der Waals surface area contributed by atoms with Crippen LogP contribution in [0.2, 0.25) is 0 Å². The highest BCUT2D eigenvalue weighted by Gasteiger charge is 2.29. The predicted octanol–water partition coefficient (Wildman–Crippen LogP) is 6.90. The lowest BCUT2D eigenvalue weighted by atomic mass is 9.98. The SMILES string of the molecule is Cc1cccc(NC(=O)C(C#N)=Cc2ccc(N3N=C(c4ccccc4)CC3c3ccccc3)cc2)c1. The quantitative estimate of drug-likeness (QED) is 0.240. The second kappa shape index (κ2) is 10.8. The van der Waals surface area contributed by atoms with Crippen molar-refractivity contribution in [3.05, 3.63) is 137 Å². The third kappa shape index (κ3) is 5.50. The van der Waals surface area contributed by atoms with E-state index in [0.717, 1.165) is 34.5 Å². The molecular formula is C32H26N4O. The van der Waals surface area contributed by atoms with E-state index in [0.29, 0.717) is 5.69 Å². The number of nitrogens with zero attached hydrogens (tertiary/aromatic N) is 3. The van der Waals surface area contributed by atoms with Crippen molar-refractivity contribution in [3.63, 3.8) is 0 Å². The Morgan fingerprint density at radius 3 is 2.32 bits per heavy atom. The van der Waals surface area contributed by atoms with Gasteiger partial charge in [-0.2, -0.15) is 10.4 Å². The highest BCUT2D eigenvalue weighted by Crippen LogP contribution is 2.36. The lowest BCUT2D eigenvalue weighted by Crippen LogP contribution is -2.18. The zero-order chi connectivity index (χ0) is 25.6. The molecule has 0 aromatic heterocycles. The maximum Gasteiger partial charge on any atom is 0.266 e. The molecule has 1 unspecified atom stereocenters. The van der Waals surface area contributed by atoms with E-state index in [2.05, 4.69) is 34.6 Å². The van der Waals surface area contributed by atoms with Gasteiger partial charge >= 0.3 is 0 Å². The molecule has 1 N–H and O–H groups in total. The van der Waals surface area contributed by atoms with Crippen LogP contribution in [0.25, 0.3) is 6.08 Å². The van der Waals surface area contributed by atoms with Crippen LogP contribution in [0.15, 0.2) is 120 Å². The van der Waals surface area contributed by atoms with E-state index < -0.39 is 5.91 Å². The Kier molecular flexibility index (Phi) is 6.91. The van der Waals surface area contributed by atoms with Crippen LogP contribution in [-0.2, 0) is 4.79 Å². The van der Waals surface area contributed by atoms with Gasteiger partial charge in [0.25, 0.3) is 5.91 Å². The second-order valence-electron chi connectivity index (χ2n) is 8.97. The normalized spacial score (nSPS) is 15.1. The minimum Gasteiger partial charge on any atom is -0.321 e. The van der Waals surface area contributed by atoms with Gasteiger partial charge in [0.15, 0.2) is 0 Å². The van der Waals surface area contributed by atoms with Crippen LogP contribution < -0.4 is 10.3 Å². The van der Waals surface area contributed by atoms with Crippen LogP contribution in [0.4, 0.5) is 11.4 Å². The molecule has 1 aliphatic rings. The first-order valence-electron chi connectivity index (χ1n) is 12.2. The van der Waals surface area contributed by atoms with Gasteiger partial charge in [-0.15, -0.1) is 0 Å². The summed E-state index contributed by atoms with van der Waals surface area (Å²) in [5.74, 6) is -0.432. The summed E-state index contributed by atoms with van der Waals surface area (Å²) in [4.78, 5) is 12.7. The van der Waals surface area contributed by atoms with Gasteiger partial charge in [0.2, 0.25) is 0 Å². The summed E-state index contributed by atoms with van der Waals surface area (Å²) < 4.78 is 0. The Morgan fingerprint density at radius 1 is 0.946 bits per heavy atom. The molecule has 5 heteroatoms. The standard InChI is InChI=1S/C32H26N4O/c1-23-9-8-14-28(19-23)34-32(37)27(22-33)20-24-15-17-29(18-16-24)36-31(26-12-6-3-7-13-26)21-30(35-36)25-10-4-2-5-11-25/h2-20,31H,21H2,1H3,(H,34,37). The molecule has 5 rings (SSSR count). The molecule has 1 heterocycles. The Labute approximate surface area is 217 Å². The summed E-state index contributed by atoms with van der Waals surface area (Å²) in [5.41, 5.74) is 6.80. The van der Waals surface area contributed by atoms with Crippen molar-refractivity contribution >= 4 is 29.1 Å². The first kappa shape index (κ1) is 23.8. The maximum atomic E-state index is 12.7. The molecule has 0 bridgehead atoms. The first-order chi connectivity index (χ1) is 18.1. The highest BCUT2D eigenvalue weighted by molar-refractivity contribution is 6.09. The van der Waals surface area contributed by atoms with Gasteiger partial charge in [-0.05, 0) is 59.5 Å². The Hall–Kier alpha value is -4.95. The highest BCUT2D eigenvalue weighted by atomic mass is 16.1. The van der Waals surface area contributed by atoms with Gasteiger partial charge in [-0.3, -0.25) is 9.80 Å². The fourth-order valence-corrected chi connectivity index (χ4v) is 4.45. The topological polar surface area (TPSA) is 68.5 Å². The molecule has 4 aromatic carbocycles. The molecule has 0 spiro atoms. The van der Waals surface area contributed by atoms with Crippen molar-refractivity contribution in [2.75, 3.05) is 10.3 Å². The predicted molar refractivity (Wildman–Crippen MR) is 149 cm³/mol. The van der Waals surface area contributed by atoms with E-state index in [1.54, 1.807) is 12.1 Å². The van der Waals surface area contributed by atoms with Gasteiger partial charge in [0.05, 0.1) is 17.4 Å². The molecule has 5 nitrogen and oxygen atoms in total. The summed E-state index contributed by atoms with van der Waals surface area (Å²) >= 11 is 0. The van der Waals surface area contributed by atoms with Crippen molar-refractivity contribution in [1.29, 1.82) is 5.26 Å². The molecule has 0 saturated heterocycles. The number of carbonyl (C=O) groups is 1. The Bertz CT molecular complexity index is 1500. The number of carbonyl (C=O) groups excluding carboxylic acids is 1. The van der Waals surface area contributed by atoms with Crippen molar-refractivity contribution in [2.24, 2.45) is 5.10 Å². The van der Waals surface area contributed by atoms with Crippen LogP contribution in [0.1, 0.15) is 34.7 Å². The van der Waals surface area contributed by atoms with E-state index in [1.165, 1.54) is 5.56 Å². The third-order valence-electron chi connectivity index (χ3n) is 6.31. The number of hydrogen-bond acceptors (Lipinski definition) is 4. The Balaban J connectivity index is 1.40. The van der Waals surface area contributed by atoms with Gasteiger partial charge in [-0.25, -0.2) is 0 Å². The van der Waals surface area contributed by atoms with Crippen molar-refractivity contribution in [1.82, 2.24) is 0 Å². The monoisotopic (exact) mass is 482 g/mol. The zero-order valence-electron chi connectivity index (χ0n) is 20.5. The average molecular weight is 483 g/mol. The number of nitrogens with one attached hydrogen (secondary N) is 1. The molecular weight excluding hydrogens is 456 g/mol. The summed E-state index contributed by atoms with van der Waals surface area (Å²) in [6.45, 7) is 1.95.